The number of anilines is 1. The highest BCUT2D eigenvalue weighted by Crippen LogP contribution is 2.19. The van der Waals surface area contributed by atoms with Crippen molar-refractivity contribution < 1.29 is 14.3 Å². The van der Waals surface area contributed by atoms with Gasteiger partial charge in [0.2, 0.25) is 0 Å². The lowest BCUT2D eigenvalue weighted by molar-refractivity contribution is 0.102. The standard InChI is InChI=1S/C15H10N2O4/c18-10-5-4-9-7-11(15(20)21-12(9)8-10)14(19)17-13-3-1-2-6-16-13/h1-8,18H,(H,16,17,19). The van der Waals surface area contributed by atoms with Crippen LogP contribution in [0.2, 0.25) is 0 Å². The molecule has 0 radical (unpaired) electrons. The number of aromatic nitrogens is 1. The van der Waals surface area contributed by atoms with E-state index in [1.54, 1.807) is 24.3 Å². The molecular weight excluding hydrogens is 272 g/mol. The van der Waals surface area contributed by atoms with Crippen molar-refractivity contribution in [1.29, 1.82) is 0 Å². The highest BCUT2D eigenvalue weighted by Gasteiger charge is 2.14. The van der Waals surface area contributed by atoms with Gasteiger partial charge < -0.3 is 14.8 Å². The van der Waals surface area contributed by atoms with Gasteiger partial charge in [-0.1, -0.05) is 6.07 Å². The molecule has 0 aliphatic heterocycles. The summed E-state index contributed by atoms with van der Waals surface area (Å²) in [7, 11) is 0. The number of aromatic hydroxyl groups is 1. The normalized spacial score (nSPS) is 10.5. The minimum absolute atomic E-state index is 0.0173. The van der Waals surface area contributed by atoms with Crippen molar-refractivity contribution in [3.63, 3.8) is 0 Å². The van der Waals surface area contributed by atoms with Crippen molar-refractivity contribution in [2.45, 2.75) is 0 Å². The molecule has 6 heteroatoms. The third-order valence-corrected chi connectivity index (χ3v) is 2.87. The molecule has 21 heavy (non-hydrogen) atoms. The summed E-state index contributed by atoms with van der Waals surface area (Å²) in [6, 6.07) is 10.8. The van der Waals surface area contributed by atoms with Crippen LogP contribution in [0, 0.1) is 0 Å². The van der Waals surface area contributed by atoms with Gasteiger partial charge in [0.15, 0.2) is 0 Å². The van der Waals surface area contributed by atoms with Crippen molar-refractivity contribution in [3.8, 4) is 5.75 Å². The van der Waals surface area contributed by atoms with E-state index in [4.69, 9.17) is 4.42 Å². The zero-order chi connectivity index (χ0) is 14.8. The average molecular weight is 282 g/mol. The number of nitrogens with zero attached hydrogens (tertiary/aromatic N) is 1. The van der Waals surface area contributed by atoms with Gasteiger partial charge in [0.05, 0.1) is 0 Å². The fourth-order valence-electron chi connectivity index (χ4n) is 1.88. The van der Waals surface area contributed by atoms with Gasteiger partial charge in [-0.25, -0.2) is 9.78 Å². The number of hydrogen-bond donors (Lipinski definition) is 2. The molecule has 0 aliphatic carbocycles. The Morgan fingerprint density at radius 1 is 1.19 bits per heavy atom. The van der Waals surface area contributed by atoms with Crippen LogP contribution >= 0.6 is 0 Å². The molecule has 1 aromatic carbocycles. The first kappa shape index (κ1) is 12.9. The third-order valence-electron chi connectivity index (χ3n) is 2.87. The molecule has 2 aromatic heterocycles. The summed E-state index contributed by atoms with van der Waals surface area (Å²) in [4.78, 5) is 27.9. The molecule has 1 amide bonds. The van der Waals surface area contributed by atoms with Gasteiger partial charge in [0, 0.05) is 17.6 Å². The van der Waals surface area contributed by atoms with E-state index in [0.717, 1.165) is 0 Å². The maximum Gasteiger partial charge on any atom is 0.349 e. The summed E-state index contributed by atoms with van der Waals surface area (Å²) in [6.45, 7) is 0. The zero-order valence-corrected chi connectivity index (χ0v) is 10.7. The predicted molar refractivity (Wildman–Crippen MR) is 76.3 cm³/mol. The number of rotatable bonds is 2. The second-order valence-corrected chi connectivity index (χ2v) is 4.34. The Bertz CT molecular complexity index is 872. The van der Waals surface area contributed by atoms with E-state index < -0.39 is 11.5 Å². The number of phenols is 1. The maximum atomic E-state index is 12.1. The van der Waals surface area contributed by atoms with E-state index in [9.17, 15) is 14.7 Å². The van der Waals surface area contributed by atoms with Crippen LogP contribution in [0.3, 0.4) is 0 Å². The number of fused-ring (bicyclic) bond motifs is 1. The van der Waals surface area contributed by atoms with Crippen molar-refractivity contribution in [3.05, 3.63) is 64.6 Å². The molecule has 0 fully saturated rings. The Morgan fingerprint density at radius 3 is 2.81 bits per heavy atom. The molecule has 3 rings (SSSR count). The maximum absolute atomic E-state index is 12.1. The molecule has 0 spiro atoms. The van der Waals surface area contributed by atoms with Crippen LogP contribution in [0.5, 0.6) is 5.75 Å². The van der Waals surface area contributed by atoms with E-state index in [2.05, 4.69) is 10.3 Å². The summed E-state index contributed by atoms with van der Waals surface area (Å²) < 4.78 is 5.04. The second kappa shape index (κ2) is 5.09. The number of nitrogens with one attached hydrogen (secondary N) is 1. The summed E-state index contributed by atoms with van der Waals surface area (Å²) in [5, 5.41) is 12.4. The van der Waals surface area contributed by atoms with E-state index >= 15 is 0 Å². The van der Waals surface area contributed by atoms with E-state index in [1.165, 1.54) is 24.4 Å². The quantitative estimate of drug-likeness (QED) is 0.702. The van der Waals surface area contributed by atoms with Gasteiger partial charge in [0.1, 0.15) is 22.7 Å². The molecule has 0 unspecified atom stereocenters. The van der Waals surface area contributed by atoms with Crippen LogP contribution < -0.4 is 10.9 Å². The minimum atomic E-state index is -0.776. The zero-order valence-electron chi connectivity index (χ0n) is 10.7. The monoisotopic (exact) mass is 282 g/mol. The average Bonchev–Trinajstić information content (AvgIpc) is 2.47. The van der Waals surface area contributed by atoms with Crippen LogP contribution in [0.15, 0.2) is 57.9 Å². The van der Waals surface area contributed by atoms with E-state index in [0.29, 0.717) is 11.2 Å². The SMILES string of the molecule is O=C(Nc1ccccn1)c1cc2ccc(O)cc2oc1=O. The molecule has 2 N–H and O–H groups in total. The molecule has 0 saturated heterocycles. The lowest BCUT2D eigenvalue weighted by Crippen LogP contribution is -2.21. The first-order chi connectivity index (χ1) is 10.1. The van der Waals surface area contributed by atoms with Crippen LogP contribution in [0.4, 0.5) is 5.82 Å². The van der Waals surface area contributed by atoms with Crippen molar-refractivity contribution >= 4 is 22.7 Å². The summed E-state index contributed by atoms with van der Waals surface area (Å²) in [5.74, 6) is -0.276. The Kier molecular flexibility index (Phi) is 3.12. The van der Waals surface area contributed by atoms with Gasteiger partial charge in [-0.2, -0.15) is 0 Å². The Hall–Kier alpha value is -3.15. The first-order valence-corrected chi connectivity index (χ1v) is 6.13. The lowest BCUT2D eigenvalue weighted by atomic mass is 10.1. The smallest absolute Gasteiger partial charge is 0.349 e. The molecule has 104 valence electrons. The van der Waals surface area contributed by atoms with E-state index in [1.807, 2.05) is 0 Å². The van der Waals surface area contributed by atoms with Crippen LogP contribution in [0.25, 0.3) is 11.0 Å². The molecule has 3 aromatic rings. The van der Waals surface area contributed by atoms with Crippen molar-refractivity contribution in [2.24, 2.45) is 0 Å². The summed E-state index contributed by atoms with van der Waals surface area (Å²) in [5.41, 5.74) is -0.685. The highest BCUT2D eigenvalue weighted by molar-refractivity contribution is 6.04. The highest BCUT2D eigenvalue weighted by atomic mass is 16.4. The van der Waals surface area contributed by atoms with Gasteiger partial charge in [-0.05, 0) is 30.3 Å². The molecular formula is C15H10N2O4. The van der Waals surface area contributed by atoms with E-state index in [-0.39, 0.29) is 16.9 Å². The Morgan fingerprint density at radius 2 is 2.05 bits per heavy atom. The van der Waals surface area contributed by atoms with Gasteiger partial charge in [0.25, 0.3) is 5.91 Å². The number of phenolic OH excluding ortho intramolecular Hbond substituents is 1. The number of carbonyl (C=O) groups is 1. The minimum Gasteiger partial charge on any atom is -0.508 e. The van der Waals surface area contributed by atoms with Gasteiger partial charge >= 0.3 is 5.63 Å². The summed E-state index contributed by atoms with van der Waals surface area (Å²) in [6.07, 6.45) is 1.53. The molecule has 0 saturated carbocycles. The third kappa shape index (κ3) is 2.59. The molecule has 0 bridgehead atoms. The molecule has 0 aliphatic rings. The Balaban J connectivity index is 2.00. The van der Waals surface area contributed by atoms with Gasteiger partial charge in [-0.3, -0.25) is 4.79 Å². The Labute approximate surface area is 118 Å². The second-order valence-electron chi connectivity index (χ2n) is 4.34. The van der Waals surface area contributed by atoms with Crippen LogP contribution in [0.1, 0.15) is 10.4 Å². The largest absolute Gasteiger partial charge is 0.508 e. The van der Waals surface area contributed by atoms with Crippen LogP contribution in [-0.2, 0) is 0 Å². The number of pyridine rings is 1. The molecule has 2 heterocycles. The number of amides is 1. The van der Waals surface area contributed by atoms with Gasteiger partial charge in [-0.15, -0.1) is 0 Å². The topological polar surface area (TPSA) is 92.4 Å². The summed E-state index contributed by atoms with van der Waals surface area (Å²) >= 11 is 0. The molecule has 6 nitrogen and oxygen atoms in total. The predicted octanol–water partition coefficient (Wildman–Crippen LogP) is 2.15. The number of carbonyl (C=O) groups excluding carboxylic acids is 1. The van der Waals surface area contributed by atoms with Crippen molar-refractivity contribution in [1.82, 2.24) is 4.98 Å². The fourth-order valence-corrected chi connectivity index (χ4v) is 1.88. The number of hydrogen-bond acceptors (Lipinski definition) is 5. The fraction of sp³-hybridized carbons (Fsp3) is 0. The number of benzene rings is 1. The van der Waals surface area contributed by atoms with Crippen LogP contribution in [-0.4, -0.2) is 16.0 Å². The first-order valence-electron chi connectivity index (χ1n) is 6.13. The molecule has 0 atom stereocenters. The lowest BCUT2D eigenvalue weighted by Gasteiger charge is -2.04. The van der Waals surface area contributed by atoms with Crippen molar-refractivity contribution in [2.75, 3.05) is 5.32 Å².